The minimum absolute atomic E-state index is 0.152. The van der Waals surface area contributed by atoms with E-state index in [1.165, 1.54) is 28.9 Å². The Bertz CT molecular complexity index is 742. The van der Waals surface area contributed by atoms with Crippen LogP contribution < -0.4 is 0 Å². The molecular weight excluding hydrogens is 274 g/mol. The van der Waals surface area contributed by atoms with Crippen molar-refractivity contribution in [2.24, 2.45) is 0 Å². The number of carbonyl (C=O) groups is 1. The van der Waals surface area contributed by atoms with E-state index in [-0.39, 0.29) is 4.88 Å². The highest BCUT2D eigenvalue weighted by atomic mass is 32.1. The highest BCUT2D eigenvalue weighted by Gasteiger charge is 2.13. The van der Waals surface area contributed by atoms with Crippen LogP contribution in [-0.2, 0) is 0 Å². The third kappa shape index (κ3) is 2.08. The molecule has 0 aliphatic heterocycles. The topological polar surface area (TPSA) is 54.6 Å². The summed E-state index contributed by atoms with van der Waals surface area (Å²) in [5, 5.41) is 8.83. The minimum atomic E-state index is -1.03. The third-order valence-electron chi connectivity index (χ3n) is 2.53. The maximum atomic E-state index is 13.1. The van der Waals surface area contributed by atoms with Gasteiger partial charge < -0.3 is 5.11 Å². The average Bonchev–Trinajstić information content (AvgIpc) is 2.84. The van der Waals surface area contributed by atoms with Gasteiger partial charge in [0, 0.05) is 24.0 Å². The van der Waals surface area contributed by atoms with Crippen LogP contribution in [0.1, 0.15) is 9.67 Å². The molecule has 2 heterocycles. The number of benzene rings is 1. The number of imidazole rings is 1. The van der Waals surface area contributed by atoms with Crippen LogP contribution in [0.4, 0.5) is 8.78 Å². The molecule has 3 aromatic rings. The molecule has 0 radical (unpaired) electrons. The molecule has 0 spiro atoms. The number of fused-ring (bicyclic) bond motifs is 1. The summed E-state index contributed by atoms with van der Waals surface area (Å²) in [6, 6.07) is 3.13. The van der Waals surface area contributed by atoms with Crippen molar-refractivity contribution in [2.45, 2.75) is 0 Å². The molecule has 0 aliphatic carbocycles. The van der Waals surface area contributed by atoms with Gasteiger partial charge in [0.1, 0.15) is 16.5 Å². The van der Waals surface area contributed by atoms with Crippen molar-refractivity contribution in [2.75, 3.05) is 0 Å². The van der Waals surface area contributed by atoms with Gasteiger partial charge in [-0.2, -0.15) is 0 Å². The van der Waals surface area contributed by atoms with Gasteiger partial charge >= 0.3 is 5.97 Å². The predicted octanol–water partition coefficient (Wildman–Crippen LogP) is 3.04. The first kappa shape index (κ1) is 11.8. The molecule has 0 saturated heterocycles. The number of hydrogen-bond acceptors (Lipinski definition) is 3. The first-order valence-corrected chi connectivity index (χ1v) is 6.03. The van der Waals surface area contributed by atoms with Crippen LogP contribution in [0.5, 0.6) is 0 Å². The van der Waals surface area contributed by atoms with Crippen molar-refractivity contribution in [3.8, 4) is 11.3 Å². The Morgan fingerprint density at radius 1 is 1.21 bits per heavy atom. The summed E-state index contributed by atoms with van der Waals surface area (Å²) in [5.41, 5.74) is 0.701. The maximum absolute atomic E-state index is 13.1. The van der Waals surface area contributed by atoms with Crippen molar-refractivity contribution < 1.29 is 18.7 Å². The van der Waals surface area contributed by atoms with Crippen LogP contribution in [0, 0.1) is 11.6 Å². The molecule has 0 saturated carbocycles. The average molecular weight is 280 g/mol. The van der Waals surface area contributed by atoms with E-state index in [0.29, 0.717) is 16.2 Å². The number of aromatic carboxylic acids is 1. The number of rotatable bonds is 2. The highest BCUT2D eigenvalue weighted by Crippen LogP contribution is 2.25. The molecule has 7 heteroatoms. The van der Waals surface area contributed by atoms with Gasteiger partial charge in [-0.25, -0.2) is 18.6 Å². The standard InChI is InChI=1S/C12H6F2N2O2S/c13-7-1-6(2-8(14)3-7)9-4-16-5-10(11(17)18)19-12(16)15-9/h1-5H,(H,17,18). The van der Waals surface area contributed by atoms with Gasteiger partial charge in [0.05, 0.1) is 5.69 Å². The Morgan fingerprint density at radius 2 is 1.89 bits per heavy atom. The van der Waals surface area contributed by atoms with Gasteiger partial charge in [0.25, 0.3) is 0 Å². The zero-order valence-electron chi connectivity index (χ0n) is 9.30. The quantitative estimate of drug-likeness (QED) is 0.785. The van der Waals surface area contributed by atoms with E-state index < -0.39 is 17.6 Å². The Hall–Kier alpha value is -2.28. The number of hydrogen-bond donors (Lipinski definition) is 1. The predicted molar refractivity (Wildman–Crippen MR) is 65.4 cm³/mol. The molecule has 1 N–H and O–H groups in total. The number of carboxylic acids is 1. The Labute approximate surface area is 109 Å². The van der Waals surface area contributed by atoms with E-state index in [9.17, 15) is 13.6 Å². The maximum Gasteiger partial charge on any atom is 0.347 e. The van der Waals surface area contributed by atoms with E-state index in [4.69, 9.17) is 5.11 Å². The number of nitrogens with zero attached hydrogens (tertiary/aromatic N) is 2. The lowest BCUT2D eigenvalue weighted by Crippen LogP contribution is -1.90. The molecule has 3 rings (SSSR count). The van der Waals surface area contributed by atoms with Crippen molar-refractivity contribution in [3.05, 3.63) is 47.1 Å². The minimum Gasteiger partial charge on any atom is -0.477 e. The molecule has 0 aliphatic rings. The van der Waals surface area contributed by atoms with Crippen molar-refractivity contribution >= 4 is 22.3 Å². The van der Waals surface area contributed by atoms with E-state index in [1.54, 1.807) is 0 Å². The number of carboxylic acid groups (broad SMARTS) is 1. The van der Waals surface area contributed by atoms with Crippen LogP contribution in [-0.4, -0.2) is 20.5 Å². The molecule has 0 amide bonds. The smallest absolute Gasteiger partial charge is 0.347 e. The van der Waals surface area contributed by atoms with E-state index in [0.717, 1.165) is 17.4 Å². The molecule has 0 fully saturated rings. The van der Waals surface area contributed by atoms with E-state index >= 15 is 0 Å². The summed E-state index contributed by atoms with van der Waals surface area (Å²) in [4.78, 5) is 15.5. The highest BCUT2D eigenvalue weighted by molar-refractivity contribution is 7.18. The normalized spacial score (nSPS) is 11.1. The number of halogens is 2. The molecule has 4 nitrogen and oxygen atoms in total. The van der Waals surface area contributed by atoms with Gasteiger partial charge in [-0.1, -0.05) is 11.3 Å². The van der Waals surface area contributed by atoms with E-state index in [1.807, 2.05) is 0 Å². The summed E-state index contributed by atoms with van der Waals surface area (Å²) >= 11 is 0.994. The zero-order valence-corrected chi connectivity index (χ0v) is 10.1. The second-order valence-corrected chi connectivity index (χ2v) is 4.88. The molecule has 96 valence electrons. The fourth-order valence-electron chi connectivity index (χ4n) is 1.74. The lowest BCUT2D eigenvalue weighted by molar-refractivity contribution is 0.0702. The summed E-state index contributed by atoms with van der Waals surface area (Å²) < 4.78 is 27.8. The number of aromatic nitrogens is 2. The largest absolute Gasteiger partial charge is 0.477 e. The van der Waals surface area contributed by atoms with E-state index in [2.05, 4.69) is 4.98 Å². The van der Waals surface area contributed by atoms with Crippen LogP contribution in [0.2, 0.25) is 0 Å². The van der Waals surface area contributed by atoms with Gasteiger partial charge in [-0.3, -0.25) is 4.40 Å². The van der Waals surface area contributed by atoms with Crippen LogP contribution in [0.3, 0.4) is 0 Å². The third-order valence-corrected chi connectivity index (χ3v) is 3.51. The molecule has 2 aromatic heterocycles. The first-order chi connectivity index (χ1) is 9.02. The lowest BCUT2D eigenvalue weighted by atomic mass is 10.1. The van der Waals surface area contributed by atoms with Crippen LogP contribution >= 0.6 is 11.3 Å². The molecule has 0 unspecified atom stereocenters. The van der Waals surface area contributed by atoms with Gasteiger partial charge in [0.15, 0.2) is 4.96 Å². The van der Waals surface area contributed by atoms with Crippen LogP contribution in [0.15, 0.2) is 30.6 Å². The second-order valence-electron chi connectivity index (χ2n) is 3.87. The Morgan fingerprint density at radius 3 is 2.47 bits per heavy atom. The Balaban J connectivity index is 2.10. The summed E-state index contributed by atoms with van der Waals surface area (Å²) in [6.45, 7) is 0. The van der Waals surface area contributed by atoms with Gasteiger partial charge in [-0.05, 0) is 12.1 Å². The van der Waals surface area contributed by atoms with Gasteiger partial charge in [0.2, 0.25) is 0 Å². The molecular formula is C12H6F2N2O2S. The first-order valence-electron chi connectivity index (χ1n) is 5.21. The second kappa shape index (κ2) is 4.13. The number of thiazole rings is 1. The summed E-state index contributed by atoms with van der Waals surface area (Å²) in [6.07, 6.45) is 2.95. The molecule has 0 atom stereocenters. The fourth-order valence-corrected chi connectivity index (χ4v) is 2.54. The SMILES string of the molecule is O=C(O)c1cn2cc(-c3cc(F)cc(F)c3)nc2s1. The monoisotopic (exact) mass is 280 g/mol. The van der Waals surface area contributed by atoms with Crippen LogP contribution in [0.25, 0.3) is 16.2 Å². The molecule has 19 heavy (non-hydrogen) atoms. The molecule has 1 aromatic carbocycles. The summed E-state index contributed by atoms with van der Waals surface area (Å²) in [5.74, 6) is -2.40. The Kier molecular flexibility index (Phi) is 2.56. The zero-order chi connectivity index (χ0) is 13.6. The molecule has 0 bridgehead atoms. The van der Waals surface area contributed by atoms with Crippen molar-refractivity contribution in [3.63, 3.8) is 0 Å². The fraction of sp³-hybridized carbons (Fsp3) is 0. The van der Waals surface area contributed by atoms with Crippen molar-refractivity contribution in [1.82, 2.24) is 9.38 Å². The van der Waals surface area contributed by atoms with Gasteiger partial charge in [-0.15, -0.1) is 0 Å². The lowest BCUT2D eigenvalue weighted by Gasteiger charge is -1.97. The van der Waals surface area contributed by atoms with Crippen molar-refractivity contribution in [1.29, 1.82) is 0 Å². The summed E-state index contributed by atoms with van der Waals surface area (Å²) in [7, 11) is 0.